The third kappa shape index (κ3) is 5.11. The fraction of sp³-hybridized carbons (Fsp3) is 0.240. The number of hydrogen-bond acceptors (Lipinski definition) is 6. The number of halogens is 4. The molecule has 38 heavy (non-hydrogen) atoms. The van der Waals surface area contributed by atoms with Crippen LogP contribution in [-0.2, 0) is 27.5 Å². The van der Waals surface area contributed by atoms with Crippen LogP contribution in [0, 0.1) is 5.82 Å². The zero-order valence-corrected chi connectivity index (χ0v) is 20.4. The van der Waals surface area contributed by atoms with Crippen LogP contribution >= 0.6 is 0 Å². The van der Waals surface area contributed by atoms with Crippen LogP contribution in [0.2, 0.25) is 0 Å². The largest absolute Gasteiger partial charge is 0.443 e. The monoisotopic (exact) mass is 548 g/mol. The van der Waals surface area contributed by atoms with Gasteiger partial charge in [0, 0.05) is 30.1 Å². The summed E-state index contributed by atoms with van der Waals surface area (Å²) in [6, 6.07) is 10.6. The van der Waals surface area contributed by atoms with E-state index in [4.69, 9.17) is 4.42 Å². The van der Waals surface area contributed by atoms with E-state index in [1.165, 1.54) is 12.1 Å². The first kappa shape index (κ1) is 25.8. The van der Waals surface area contributed by atoms with Crippen molar-refractivity contribution in [3.63, 3.8) is 0 Å². The van der Waals surface area contributed by atoms with Gasteiger partial charge in [-0.1, -0.05) is 18.2 Å². The lowest BCUT2D eigenvalue weighted by atomic mass is 10.1. The number of amides is 1. The average molecular weight is 549 g/mol. The fourth-order valence-electron chi connectivity index (χ4n) is 4.29. The van der Waals surface area contributed by atoms with Crippen LogP contribution in [0.1, 0.15) is 24.1 Å². The number of benzene rings is 2. The zero-order valence-electron chi connectivity index (χ0n) is 19.6. The molecule has 2 aromatic heterocycles. The van der Waals surface area contributed by atoms with Crippen LogP contribution in [0.25, 0.3) is 22.2 Å². The fourth-order valence-corrected chi connectivity index (χ4v) is 5.90. The minimum atomic E-state index is -4.60. The number of nitrogens with zero attached hydrogens (tertiary/aromatic N) is 3. The number of alkyl halides is 3. The third-order valence-corrected chi connectivity index (χ3v) is 7.92. The number of nitrogens with one attached hydrogen (secondary N) is 1. The molecule has 1 atom stereocenters. The highest BCUT2D eigenvalue weighted by Gasteiger charge is 2.41. The lowest BCUT2D eigenvalue weighted by molar-refractivity contribution is -0.141. The Bertz CT molecular complexity index is 1600. The summed E-state index contributed by atoms with van der Waals surface area (Å²) in [5, 5.41) is 2.65. The molecule has 0 unspecified atom stereocenters. The van der Waals surface area contributed by atoms with Crippen molar-refractivity contribution in [1.29, 1.82) is 0 Å². The molecule has 1 aliphatic heterocycles. The summed E-state index contributed by atoms with van der Waals surface area (Å²) in [6.45, 7) is 0.170. The molecule has 8 nitrogen and oxygen atoms in total. The molecule has 0 aliphatic carbocycles. The van der Waals surface area contributed by atoms with Gasteiger partial charge in [0.25, 0.3) is 10.0 Å². The van der Waals surface area contributed by atoms with Gasteiger partial charge in [-0.2, -0.15) is 17.5 Å². The smallest absolute Gasteiger partial charge is 0.434 e. The molecule has 2 aromatic carbocycles. The first-order chi connectivity index (χ1) is 18.0. The van der Waals surface area contributed by atoms with Gasteiger partial charge < -0.3 is 9.73 Å². The molecular weight excluding hydrogens is 528 g/mol. The van der Waals surface area contributed by atoms with Gasteiger partial charge in [0.2, 0.25) is 11.0 Å². The Labute approximate surface area is 214 Å². The number of carbonyl (C=O) groups is 1. The quantitative estimate of drug-likeness (QED) is 0.356. The van der Waals surface area contributed by atoms with Gasteiger partial charge in [0.05, 0.1) is 18.1 Å². The van der Waals surface area contributed by atoms with Crippen molar-refractivity contribution < 1.29 is 35.2 Å². The Morgan fingerprint density at radius 1 is 1.11 bits per heavy atom. The molecule has 0 bridgehead atoms. The second-order valence-electron chi connectivity index (χ2n) is 8.72. The van der Waals surface area contributed by atoms with Gasteiger partial charge in [-0.05, 0) is 42.7 Å². The van der Waals surface area contributed by atoms with E-state index in [0.29, 0.717) is 35.6 Å². The van der Waals surface area contributed by atoms with Crippen molar-refractivity contribution >= 4 is 26.9 Å². The molecule has 0 radical (unpaired) electrons. The molecule has 5 rings (SSSR count). The SMILES string of the molecule is O=C(NCc1cccc(-c2cnc(C(F)(F)F)cn2)c1)[C@@H]1CCCN1S(=O)(=O)c1cc2cc(F)ccc2o1. The summed E-state index contributed by atoms with van der Waals surface area (Å²) in [7, 11) is -4.16. The minimum Gasteiger partial charge on any atom is -0.443 e. The first-order valence-electron chi connectivity index (χ1n) is 11.5. The van der Waals surface area contributed by atoms with Crippen molar-refractivity contribution in [2.24, 2.45) is 0 Å². The predicted octanol–water partition coefficient (Wildman–Crippen LogP) is 4.52. The Morgan fingerprint density at radius 3 is 2.66 bits per heavy atom. The second kappa shape index (κ2) is 9.80. The van der Waals surface area contributed by atoms with E-state index in [1.807, 2.05) is 0 Å². The lowest BCUT2D eigenvalue weighted by Gasteiger charge is -2.22. The summed E-state index contributed by atoms with van der Waals surface area (Å²) >= 11 is 0. The number of carbonyl (C=O) groups excluding carboxylic acids is 1. The van der Waals surface area contributed by atoms with E-state index >= 15 is 0 Å². The van der Waals surface area contributed by atoms with Crippen LogP contribution < -0.4 is 5.32 Å². The predicted molar refractivity (Wildman–Crippen MR) is 127 cm³/mol. The summed E-state index contributed by atoms with van der Waals surface area (Å²) in [5.74, 6) is -1.04. The molecule has 1 saturated heterocycles. The summed E-state index contributed by atoms with van der Waals surface area (Å²) in [6.07, 6.45) is -2.15. The molecule has 1 fully saturated rings. The highest BCUT2D eigenvalue weighted by molar-refractivity contribution is 7.89. The number of sulfonamides is 1. The number of aromatic nitrogens is 2. The number of rotatable bonds is 6. The topological polar surface area (TPSA) is 105 Å². The standard InChI is InChI=1S/C25H20F4N4O4S/c26-18-6-7-21-17(10-18)11-23(37-21)38(35,36)33-8-2-5-20(33)24(34)32-12-15-3-1-4-16(9-15)19-13-31-22(14-30-19)25(27,28)29/h1,3-4,6-7,9-11,13-14,20H,2,5,8,12H2,(H,32,34)/t20-/m0/s1. The molecular formula is C25H20F4N4O4S. The van der Waals surface area contributed by atoms with Gasteiger partial charge in [0.1, 0.15) is 17.4 Å². The maximum atomic E-state index is 13.5. The maximum Gasteiger partial charge on any atom is 0.434 e. The second-order valence-corrected chi connectivity index (χ2v) is 10.5. The summed E-state index contributed by atoms with van der Waals surface area (Å²) in [4.78, 5) is 20.2. The highest BCUT2D eigenvalue weighted by atomic mass is 32.2. The van der Waals surface area contributed by atoms with Crippen molar-refractivity contribution in [2.75, 3.05) is 6.54 Å². The van der Waals surface area contributed by atoms with Gasteiger partial charge in [0.15, 0.2) is 5.69 Å². The Morgan fingerprint density at radius 2 is 1.92 bits per heavy atom. The minimum absolute atomic E-state index is 0.0506. The molecule has 4 aromatic rings. The first-order valence-corrected chi connectivity index (χ1v) is 12.9. The summed E-state index contributed by atoms with van der Waals surface area (Å²) < 4.78 is 84.8. The van der Waals surface area contributed by atoms with Gasteiger partial charge in [-0.3, -0.25) is 9.78 Å². The van der Waals surface area contributed by atoms with Crippen molar-refractivity contribution in [3.05, 3.63) is 78.0 Å². The molecule has 1 N–H and O–H groups in total. The average Bonchev–Trinajstić information content (AvgIpc) is 3.55. The van der Waals surface area contributed by atoms with Gasteiger partial charge >= 0.3 is 6.18 Å². The van der Waals surface area contributed by atoms with Crippen LogP contribution in [0.15, 0.2) is 70.4 Å². The van der Waals surface area contributed by atoms with E-state index in [2.05, 4.69) is 15.3 Å². The van der Waals surface area contributed by atoms with Crippen molar-refractivity contribution in [2.45, 2.75) is 36.7 Å². The van der Waals surface area contributed by atoms with Crippen LogP contribution in [0.4, 0.5) is 17.6 Å². The van der Waals surface area contributed by atoms with Gasteiger partial charge in [-0.15, -0.1) is 0 Å². The highest BCUT2D eigenvalue weighted by Crippen LogP contribution is 2.31. The van der Waals surface area contributed by atoms with E-state index in [-0.39, 0.29) is 29.5 Å². The van der Waals surface area contributed by atoms with Crippen molar-refractivity contribution in [3.8, 4) is 11.3 Å². The molecule has 13 heteroatoms. The van der Waals surface area contributed by atoms with Crippen LogP contribution in [-0.4, -0.2) is 41.2 Å². The van der Waals surface area contributed by atoms with E-state index < -0.39 is 39.7 Å². The Balaban J connectivity index is 1.28. The third-order valence-electron chi connectivity index (χ3n) is 6.16. The molecule has 1 amide bonds. The number of hydrogen-bond donors (Lipinski definition) is 1. The molecule has 1 aliphatic rings. The number of fused-ring (bicyclic) bond motifs is 1. The lowest BCUT2D eigenvalue weighted by Crippen LogP contribution is -2.45. The normalized spacial score (nSPS) is 16.7. The van der Waals surface area contributed by atoms with E-state index in [1.54, 1.807) is 24.3 Å². The van der Waals surface area contributed by atoms with Crippen LogP contribution in [0.5, 0.6) is 0 Å². The van der Waals surface area contributed by atoms with Gasteiger partial charge in [-0.25, -0.2) is 17.8 Å². The molecule has 0 saturated carbocycles. The summed E-state index contributed by atoms with van der Waals surface area (Å²) in [5.41, 5.74) is 0.469. The Kier molecular flexibility index (Phi) is 6.65. The molecule has 198 valence electrons. The van der Waals surface area contributed by atoms with Crippen molar-refractivity contribution in [1.82, 2.24) is 19.6 Å². The Hall–Kier alpha value is -3.84. The zero-order chi connectivity index (χ0) is 27.1. The van der Waals surface area contributed by atoms with Crippen LogP contribution in [0.3, 0.4) is 0 Å². The number of furan rings is 1. The molecule has 0 spiro atoms. The van der Waals surface area contributed by atoms with E-state index in [9.17, 15) is 30.8 Å². The maximum absolute atomic E-state index is 13.5. The van der Waals surface area contributed by atoms with E-state index in [0.717, 1.165) is 22.6 Å². The molecule has 3 heterocycles.